The SMILES string of the molecule is NC1=Nc2c(ncn2[C@@H]2O[C@@H]3COP(O)(=S)O[C@H]4[C@@H](F)[C@H](n5cnc6c(N)ncnc65)O[C@@H]4COP(=O)(S)O[C@H]3[C@H]2F)C(=O)C1. The third kappa shape index (κ3) is 5.61. The molecule has 7 rings (SSSR count). The Balaban J connectivity index is 1.16. The van der Waals surface area contributed by atoms with Gasteiger partial charge in [-0.05, 0) is 11.8 Å². The Morgan fingerprint density at radius 3 is 2.36 bits per heavy atom. The molecular formula is C21H23F2N9O9P2S2. The van der Waals surface area contributed by atoms with Crippen LogP contribution in [0.3, 0.4) is 0 Å². The van der Waals surface area contributed by atoms with Crippen molar-refractivity contribution >= 4 is 72.0 Å². The van der Waals surface area contributed by atoms with Gasteiger partial charge in [0.15, 0.2) is 53.6 Å². The lowest BCUT2D eigenvalue weighted by Crippen LogP contribution is -2.37. The van der Waals surface area contributed by atoms with Crippen LogP contribution < -0.4 is 11.5 Å². The summed E-state index contributed by atoms with van der Waals surface area (Å²) < 4.78 is 81.2. The smallest absolute Gasteiger partial charge is 0.386 e. The van der Waals surface area contributed by atoms with Crippen LogP contribution in [0.4, 0.5) is 20.4 Å². The van der Waals surface area contributed by atoms with Crippen LogP contribution in [0.25, 0.3) is 11.2 Å². The Kier molecular flexibility index (Phi) is 7.84. The molecule has 0 bridgehead atoms. The zero-order valence-electron chi connectivity index (χ0n) is 22.5. The average Bonchev–Trinajstić information content (AvgIpc) is 3.72. The van der Waals surface area contributed by atoms with Gasteiger partial charge in [0, 0.05) is 0 Å². The number of Topliss-reactive ketones (excluding diaryl/α,β-unsaturated/α-hetero) is 1. The summed E-state index contributed by atoms with van der Waals surface area (Å²) in [6.45, 7) is -10.0. The quantitative estimate of drug-likeness (QED) is 0.218. The molecule has 3 fully saturated rings. The van der Waals surface area contributed by atoms with E-state index in [2.05, 4.69) is 37.2 Å². The molecule has 0 amide bonds. The standard InChI is InChI=1S/C21H23F2N9O9P2S2/c22-11-15-8(38-20(11)31-6-29-14-17(25)26-4-27-18(14)31)2-36-43(35,45)41-16-9(3-37-42(34,44)40-15)39-21(12(16)23)32-5-28-13-7(33)1-10(24)30-19(13)32/h4-6,8-9,11-12,15-16,20-21H,1-3H2,(H2,24,30)(H,34,44)(H,35,45)(H2,25,26,27)/t8-,9-,11-,12-,15-,16-,20-,21-,42?,43?/m1/s1. The van der Waals surface area contributed by atoms with E-state index in [1.54, 1.807) is 0 Å². The molecule has 0 spiro atoms. The Morgan fingerprint density at radius 1 is 0.978 bits per heavy atom. The highest BCUT2D eigenvalue weighted by molar-refractivity contribution is 8.44. The summed E-state index contributed by atoms with van der Waals surface area (Å²) in [4.78, 5) is 43.4. The zero-order valence-corrected chi connectivity index (χ0v) is 26.0. The van der Waals surface area contributed by atoms with Gasteiger partial charge in [0.05, 0.1) is 32.3 Å². The lowest BCUT2D eigenvalue weighted by atomic mass is 10.1. The predicted molar refractivity (Wildman–Crippen MR) is 155 cm³/mol. The highest BCUT2D eigenvalue weighted by Crippen LogP contribution is 2.59. The lowest BCUT2D eigenvalue weighted by Gasteiger charge is -2.29. The monoisotopic (exact) mass is 709 g/mol. The van der Waals surface area contributed by atoms with Crippen molar-refractivity contribution in [1.29, 1.82) is 0 Å². The van der Waals surface area contributed by atoms with E-state index in [4.69, 9.17) is 50.8 Å². The maximum absolute atomic E-state index is 16.0. The highest BCUT2D eigenvalue weighted by atomic mass is 32.7. The van der Waals surface area contributed by atoms with E-state index in [-0.39, 0.29) is 40.7 Å². The number of rotatable bonds is 2. The molecule has 10 atom stereocenters. The number of carbonyl (C=O) groups is 1. The second-order valence-corrected chi connectivity index (χ2v) is 16.0. The molecular weight excluding hydrogens is 686 g/mol. The van der Waals surface area contributed by atoms with Crippen molar-refractivity contribution in [2.75, 3.05) is 18.9 Å². The number of aliphatic imine (C=N–C) groups is 1. The average molecular weight is 710 g/mol. The van der Waals surface area contributed by atoms with Gasteiger partial charge in [-0.3, -0.25) is 27.5 Å². The number of hydrogen-bond donors (Lipinski definition) is 4. The third-order valence-corrected chi connectivity index (χ3v) is 10.6. The number of hydrogen-bond acceptors (Lipinski definition) is 16. The molecule has 0 aromatic carbocycles. The van der Waals surface area contributed by atoms with Crippen LogP contribution in [0.15, 0.2) is 24.0 Å². The topological polar surface area (TPSA) is 236 Å². The Morgan fingerprint density at radius 2 is 1.62 bits per heavy atom. The number of ether oxygens (including phenoxy) is 2. The van der Waals surface area contributed by atoms with Crippen molar-refractivity contribution < 1.29 is 50.6 Å². The van der Waals surface area contributed by atoms with Crippen LogP contribution in [-0.2, 0) is 43.9 Å². The number of imidazole rings is 2. The van der Waals surface area contributed by atoms with Crippen LogP contribution in [0, 0.1) is 0 Å². The van der Waals surface area contributed by atoms with Gasteiger partial charge < -0.3 is 30.4 Å². The number of fused-ring (bicyclic) bond motifs is 4. The van der Waals surface area contributed by atoms with Crippen LogP contribution in [-0.4, -0.2) is 95.6 Å². The summed E-state index contributed by atoms with van der Waals surface area (Å²) >= 11 is 9.13. The molecule has 0 radical (unpaired) electrons. The number of aromatic nitrogens is 6. The molecule has 3 aromatic heterocycles. The van der Waals surface area contributed by atoms with Gasteiger partial charge in [-0.2, -0.15) is 0 Å². The normalized spacial score (nSPS) is 39.0. The Hall–Kier alpha value is -2.49. The fourth-order valence-electron chi connectivity index (χ4n) is 5.39. The van der Waals surface area contributed by atoms with Crippen molar-refractivity contribution in [2.45, 2.75) is 55.6 Å². The number of ketones is 1. The molecule has 3 aromatic rings. The number of halogens is 2. The number of thiol groups is 1. The fourth-order valence-corrected chi connectivity index (χ4v) is 8.31. The largest absolute Gasteiger partial charge is 0.387 e. The summed E-state index contributed by atoms with van der Waals surface area (Å²) in [5, 5.41) is 0. The highest BCUT2D eigenvalue weighted by Gasteiger charge is 2.54. The summed E-state index contributed by atoms with van der Waals surface area (Å²) in [6.07, 6.45) is -9.76. The first-order chi connectivity index (χ1) is 21.3. The van der Waals surface area contributed by atoms with Gasteiger partial charge in [-0.25, -0.2) is 38.3 Å². The van der Waals surface area contributed by atoms with Crippen molar-refractivity contribution in [3.8, 4) is 0 Å². The first kappa shape index (κ1) is 31.1. The van der Waals surface area contributed by atoms with Crippen molar-refractivity contribution in [3.05, 3.63) is 24.7 Å². The number of alkyl halides is 2. The van der Waals surface area contributed by atoms with Crippen LogP contribution in [0.1, 0.15) is 29.4 Å². The molecule has 4 aliphatic heterocycles. The van der Waals surface area contributed by atoms with Gasteiger partial charge in [-0.1, -0.05) is 12.2 Å². The molecule has 4 aliphatic rings. The van der Waals surface area contributed by atoms with E-state index in [0.717, 1.165) is 17.2 Å². The number of nitrogens with two attached hydrogens (primary N) is 2. The van der Waals surface area contributed by atoms with Crippen molar-refractivity contribution in [1.82, 2.24) is 29.1 Å². The second kappa shape index (κ2) is 11.3. The molecule has 18 nitrogen and oxygen atoms in total. The maximum atomic E-state index is 16.0. The molecule has 45 heavy (non-hydrogen) atoms. The van der Waals surface area contributed by atoms with Gasteiger partial charge in [0.25, 0.3) is 0 Å². The molecule has 0 aliphatic carbocycles. The van der Waals surface area contributed by atoms with Crippen molar-refractivity contribution in [2.24, 2.45) is 10.7 Å². The van der Waals surface area contributed by atoms with E-state index in [1.165, 1.54) is 10.9 Å². The summed E-state index contributed by atoms with van der Waals surface area (Å²) in [5.41, 5.74) is 11.9. The first-order valence-corrected chi connectivity index (χ1v) is 18.4. The number of nitrogen functional groups attached to an aromatic ring is 1. The second-order valence-electron chi connectivity index (χ2n) is 10.3. The van der Waals surface area contributed by atoms with Crippen LogP contribution >= 0.6 is 25.8 Å². The van der Waals surface area contributed by atoms with E-state index in [1.807, 2.05) is 0 Å². The molecule has 5 N–H and O–H groups in total. The van der Waals surface area contributed by atoms with E-state index in [0.29, 0.717) is 0 Å². The molecule has 2 unspecified atom stereocenters. The summed E-state index contributed by atoms with van der Waals surface area (Å²) in [6, 6.07) is 0. The molecule has 0 saturated carbocycles. The number of amidine groups is 1. The number of anilines is 1. The van der Waals surface area contributed by atoms with Gasteiger partial charge >= 0.3 is 13.5 Å². The fraction of sp³-hybridized carbons (Fsp3) is 0.524. The van der Waals surface area contributed by atoms with Crippen molar-refractivity contribution in [3.63, 3.8) is 0 Å². The zero-order chi connectivity index (χ0) is 31.8. The van der Waals surface area contributed by atoms with E-state index < -0.39 is 81.7 Å². The number of nitrogens with zero attached hydrogens (tertiary/aromatic N) is 7. The predicted octanol–water partition coefficient (Wildman–Crippen LogP) is 1.42. The third-order valence-electron chi connectivity index (χ3n) is 7.41. The molecule has 3 saturated heterocycles. The molecule has 242 valence electrons. The number of carbonyl (C=O) groups excluding carboxylic acids is 1. The van der Waals surface area contributed by atoms with E-state index >= 15 is 8.78 Å². The van der Waals surface area contributed by atoms with Gasteiger partial charge in [-0.15, -0.1) is 0 Å². The minimum atomic E-state index is -4.42. The lowest BCUT2D eigenvalue weighted by molar-refractivity contribution is -0.0567. The van der Waals surface area contributed by atoms with Gasteiger partial charge in [0.2, 0.25) is 0 Å². The minimum Gasteiger partial charge on any atom is -0.387 e. The van der Waals surface area contributed by atoms with E-state index in [9.17, 15) is 14.3 Å². The minimum absolute atomic E-state index is 0.0140. The Labute approximate surface area is 261 Å². The van der Waals surface area contributed by atoms with Crippen LogP contribution in [0.2, 0.25) is 0 Å². The van der Waals surface area contributed by atoms with Gasteiger partial charge in [0.1, 0.15) is 42.1 Å². The first-order valence-electron chi connectivity index (χ1n) is 13.1. The van der Waals surface area contributed by atoms with Crippen LogP contribution in [0.5, 0.6) is 0 Å². The molecule has 7 heterocycles. The summed E-state index contributed by atoms with van der Waals surface area (Å²) in [7, 11) is 0. The maximum Gasteiger partial charge on any atom is 0.386 e. The summed E-state index contributed by atoms with van der Waals surface area (Å²) in [5.74, 6) is -0.448. The Bertz CT molecular complexity index is 1820. The molecule has 24 heteroatoms.